The summed E-state index contributed by atoms with van der Waals surface area (Å²) in [5.41, 5.74) is 0. The van der Waals surface area contributed by atoms with E-state index < -0.39 is 18.6 Å². The Balaban J connectivity index is 2.18. The highest BCUT2D eigenvalue weighted by molar-refractivity contribution is 5.77. The first-order valence-electron chi connectivity index (χ1n) is 6.08. The number of nitrogens with zero attached hydrogens (tertiary/aromatic N) is 1. The Morgan fingerprint density at radius 3 is 2.55 bits per heavy atom. The third kappa shape index (κ3) is 6.98. The summed E-state index contributed by atoms with van der Waals surface area (Å²) in [6.45, 7) is -0.929. The van der Waals surface area contributed by atoms with Gasteiger partial charge in [0, 0.05) is 7.05 Å². The quantitative estimate of drug-likeness (QED) is 0.830. The van der Waals surface area contributed by atoms with E-state index in [1.165, 1.54) is 11.9 Å². The summed E-state index contributed by atoms with van der Waals surface area (Å²) in [6.07, 6.45) is -4.31. The minimum absolute atomic E-state index is 0.283. The smallest absolute Gasteiger partial charge is 0.401 e. The molecule has 0 unspecified atom stereocenters. The van der Waals surface area contributed by atoms with Gasteiger partial charge in [0.25, 0.3) is 0 Å². The summed E-state index contributed by atoms with van der Waals surface area (Å²) in [7, 11) is 1.52. The van der Waals surface area contributed by atoms with E-state index in [1.807, 2.05) is 18.2 Å². The highest BCUT2D eigenvalue weighted by Crippen LogP contribution is 2.12. The fourth-order valence-corrected chi connectivity index (χ4v) is 1.39. The number of likely N-dealkylation sites (N-methyl/N-ethyl adjacent to an activating group) is 1. The molecule has 1 N–H and O–H groups in total. The van der Waals surface area contributed by atoms with Crippen LogP contribution in [0.1, 0.15) is 0 Å². The van der Waals surface area contributed by atoms with Gasteiger partial charge in [-0.3, -0.25) is 4.79 Å². The first kappa shape index (κ1) is 16.3. The minimum Gasteiger partial charge on any atom is -0.492 e. The monoisotopic (exact) mass is 290 g/mol. The molecule has 0 aliphatic carbocycles. The molecule has 1 rings (SSSR count). The molecule has 0 saturated carbocycles. The lowest BCUT2D eigenvalue weighted by molar-refractivity contribution is -0.133. The molecule has 4 nitrogen and oxygen atoms in total. The summed E-state index contributed by atoms with van der Waals surface area (Å²) in [4.78, 5) is 12.8. The molecular weight excluding hydrogens is 273 g/mol. The molecule has 0 bridgehead atoms. The fraction of sp³-hybridized carbons (Fsp3) is 0.462. The Kier molecular flexibility index (Phi) is 6.30. The van der Waals surface area contributed by atoms with Crippen LogP contribution in [0.2, 0.25) is 0 Å². The average Bonchev–Trinajstić information content (AvgIpc) is 2.38. The third-order valence-electron chi connectivity index (χ3n) is 2.47. The van der Waals surface area contributed by atoms with E-state index in [2.05, 4.69) is 5.32 Å². The van der Waals surface area contributed by atoms with E-state index in [4.69, 9.17) is 4.74 Å². The number of benzene rings is 1. The van der Waals surface area contributed by atoms with E-state index in [0.29, 0.717) is 12.3 Å². The SMILES string of the molecule is CN(CCOc1ccccc1)C(=O)CNCC(F)(F)F. The predicted molar refractivity (Wildman–Crippen MR) is 68.5 cm³/mol. The summed E-state index contributed by atoms with van der Waals surface area (Å²) < 4.78 is 41.1. The van der Waals surface area contributed by atoms with Crippen LogP contribution in [0.3, 0.4) is 0 Å². The van der Waals surface area contributed by atoms with Gasteiger partial charge in [-0.15, -0.1) is 0 Å². The number of carbonyl (C=O) groups is 1. The van der Waals surface area contributed by atoms with Crippen molar-refractivity contribution in [3.05, 3.63) is 30.3 Å². The van der Waals surface area contributed by atoms with Crippen LogP contribution in [0.4, 0.5) is 13.2 Å². The van der Waals surface area contributed by atoms with Crippen molar-refractivity contribution in [2.45, 2.75) is 6.18 Å². The Labute approximate surface area is 115 Å². The lowest BCUT2D eigenvalue weighted by Gasteiger charge is -2.18. The van der Waals surface area contributed by atoms with Crippen LogP contribution < -0.4 is 10.1 Å². The number of amides is 1. The van der Waals surface area contributed by atoms with E-state index in [0.717, 1.165) is 0 Å². The van der Waals surface area contributed by atoms with Gasteiger partial charge in [0.05, 0.1) is 19.6 Å². The number of para-hydroxylation sites is 1. The van der Waals surface area contributed by atoms with Crippen LogP contribution in [0, 0.1) is 0 Å². The van der Waals surface area contributed by atoms with Gasteiger partial charge in [0.1, 0.15) is 12.4 Å². The largest absolute Gasteiger partial charge is 0.492 e. The zero-order valence-electron chi connectivity index (χ0n) is 11.1. The fourth-order valence-electron chi connectivity index (χ4n) is 1.39. The van der Waals surface area contributed by atoms with Gasteiger partial charge in [-0.25, -0.2) is 0 Å². The summed E-state index contributed by atoms with van der Waals surface area (Å²) in [5.74, 6) is 0.273. The second-order valence-corrected chi connectivity index (χ2v) is 4.20. The Hall–Kier alpha value is -1.76. The number of carbonyl (C=O) groups excluding carboxylic acids is 1. The summed E-state index contributed by atoms with van der Waals surface area (Å²) in [5, 5.41) is 2.06. The molecule has 112 valence electrons. The van der Waals surface area contributed by atoms with Gasteiger partial charge in [0.15, 0.2) is 0 Å². The number of hydrogen-bond acceptors (Lipinski definition) is 3. The highest BCUT2D eigenvalue weighted by Gasteiger charge is 2.26. The first-order valence-corrected chi connectivity index (χ1v) is 6.08. The van der Waals surface area contributed by atoms with Gasteiger partial charge >= 0.3 is 6.18 Å². The highest BCUT2D eigenvalue weighted by atomic mass is 19.4. The van der Waals surface area contributed by atoms with Crippen LogP contribution in [0.15, 0.2) is 30.3 Å². The molecule has 0 aliphatic heterocycles. The zero-order valence-corrected chi connectivity index (χ0v) is 11.1. The molecule has 20 heavy (non-hydrogen) atoms. The zero-order chi connectivity index (χ0) is 15.0. The Morgan fingerprint density at radius 1 is 1.30 bits per heavy atom. The molecule has 0 atom stereocenters. The van der Waals surface area contributed by atoms with Crippen molar-refractivity contribution < 1.29 is 22.7 Å². The lowest BCUT2D eigenvalue weighted by Crippen LogP contribution is -2.40. The van der Waals surface area contributed by atoms with Gasteiger partial charge in [0.2, 0.25) is 5.91 Å². The molecule has 7 heteroatoms. The maximum Gasteiger partial charge on any atom is 0.401 e. The number of ether oxygens (including phenoxy) is 1. The maximum absolute atomic E-state index is 11.9. The second kappa shape index (κ2) is 7.74. The van der Waals surface area contributed by atoms with Crippen molar-refractivity contribution in [3.63, 3.8) is 0 Å². The van der Waals surface area contributed by atoms with Crippen LogP contribution >= 0.6 is 0 Å². The number of rotatable bonds is 7. The van der Waals surface area contributed by atoms with Crippen LogP contribution in [0.25, 0.3) is 0 Å². The number of alkyl halides is 3. The van der Waals surface area contributed by atoms with E-state index in [1.54, 1.807) is 12.1 Å². The van der Waals surface area contributed by atoms with Gasteiger partial charge in [-0.2, -0.15) is 13.2 Å². The van der Waals surface area contributed by atoms with Crippen molar-refractivity contribution in [2.75, 3.05) is 33.3 Å². The average molecular weight is 290 g/mol. The molecule has 0 saturated heterocycles. The van der Waals surface area contributed by atoms with Crippen LogP contribution in [-0.2, 0) is 4.79 Å². The summed E-state index contributed by atoms with van der Waals surface area (Å²) >= 11 is 0. The number of nitrogens with one attached hydrogen (secondary N) is 1. The number of hydrogen-bond donors (Lipinski definition) is 1. The Bertz CT molecular complexity index is 410. The van der Waals surface area contributed by atoms with Crippen molar-refractivity contribution >= 4 is 5.91 Å². The minimum atomic E-state index is -4.31. The van der Waals surface area contributed by atoms with Gasteiger partial charge in [-0.05, 0) is 12.1 Å². The van der Waals surface area contributed by atoms with Crippen molar-refractivity contribution in [1.82, 2.24) is 10.2 Å². The molecule has 0 aliphatic rings. The molecule has 0 aromatic heterocycles. The van der Waals surface area contributed by atoms with Crippen molar-refractivity contribution in [1.29, 1.82) is 0 Å². The molecule has 0 spiro atoms. The van der Waals surface area contributed by atoms with E-state index in [-0.39, 0.29) is 13.2 Å². The maximum atomic E-state index is 11.9. The van der Waals surface area contributed by atoms with Crippen molar-refractivity contribution in [2.24, 2.45) is 0 Å². The molecule has 0 radical (unpaired) electrons. The molecular formula is C13H17F3N2O2. The second-order valence-electron chi connectivity index (χ2n) is 4.20. The van der Waals surface area contributed by atoms with Crippen LogP contribution in [0.5, 0.6) is 5.75 Å². The predicted octanol–water partition coefficient (Wildman–Crippen LogP) is 1.68. The van der Waals surface area contributed by atoms with E-state index in [9.17, 15) is 18.0 Å². The van der Waals surface area contributed by atoms with Crippen molar-refractivity contribution in [3.8, 4) is 5.75 Å². The molecule has 1 aromatic carbocycles. The third-order valence-corrected chi connectivity index (χ3v) is 2.47. The molecule has 0 fully saturated rings. The van der Waals surface area contributed by atoms with Gasteiger partial charge in [-0.1, -0.05) is 18.2 Å². The van der Waals surface area contributed by atoms with E-state index >= 15 is 0 Å². The van der Waals surface area contributed by atoms with Crippen LogP contribution in [-0.4, -0.2) is 50.3 Å². The molecule has 1 aromatic rings. The first-order chi connectivity index (χ1) is 9.38. The topological polar surface area (TPSA) is 41.6 Å². The molecule has 0 heterocycles. The normalized spacial score (nSPS) is 11.2. The summed E-state index contributed by atoms with van der Waals surface area (Å²) in [6, 6.07) is 9.07. The Morgan fingerprint density at radius 2 is 1.95 bits per heavy atom. The lowest BCUT2D eigenvalue weighted by atomic mass is 10.3. The number of halogens is 3. The molecule has 1 amide bonds. The van der Waals surface area contributed by atoms with Gasteiger partial charge < -0.3 is 15.0 Å². The standard InChI is InChI=1S/C13H17F3N2O2/c1-18(12(19)9-17-10-13(14,15)16)7-8-20-11-5-3-2-4-6-11/h2-6,17H,7-10H2,1H3.